The monoisotopic (exact) mass is 287 g/mol. The van der Waals surface area contributed by atoms with Gasteiger partial charge in [-0.15, -0.1) is 11.8 Å². The number of para-hydroxylation sites is 1. The Labute approximate surface area is 109 Å². The van der Waals surface area contributed by atoms with Gasteiger partial charge >= 0.3 is 0 Å². The molecule has 0 N–H and O–H groups in total. The van der Waals surface area contributed by atoms with E-state index in [-0.39, 0.29) is 5.75 Å². The highest BCUT2D eigenvalue weighted by atomic mass is 35.7. The molecule has 0 saturated carbocycles. The van der Waals surface area contributed by atoms with Crippen LogP contribution >= 0.6 is 22.4 Å². The average molecular weight is 288 g/mol. The molecule has 0 fully saturated rings. The van der Waals surface area contributed by atoms with Crippen LogP contribution in [-0.4, -0.2) is 24.9 Å². The average Bonchev–Trinajstić information content (AvgIpc) is 2.27. The summed E-state index contributed by atoms with van der Waals surface area (Å²) in [6, 6.07) is 11.6. The molecule has 2 aromatic rings. The summed E-state index contributed by atoms with van der Waals surface area (Å²) in [6.45, 7) is 0. The van der Waals surface area contributed by atoms with Crippen molar-refractivity contribution in [2.75, 3.05) is 11.5 Å². The van der Waals surface area contributed by atoms with Crippen molar-refractivity contribution in [3.05, 3.63) is 36.4 Å². The van der Waals surface area contributed by atoms with Crippen LogP contribution in [-0.2, 0) is 9.05 Å². The molecule has 0 aliphatic carbocycles. The van der Waals surface area contributed by atoms with E-state index in [1.807, 2.05) is 36.4 Å². The second kappa shape index (κ2) is 5.25. The van der Waals surface area contributed by atoms with E-state index in [4.69, 9.17) is 10.7 Å². The van der Waals surface area contributed by atoms with E-state index in [9.17, 15) is 8.42 Å². The van der Waals surface area contributed by atoms with Gasteiger partial charge in [0.2, 0.25) is 9.05 Å². The molecule has 0 amide bonds. The van der Waals surface area contributed by atoms with Gasteiger partial charge in [0, 0.05) is 21.8 Å². The summed E-state index contributed by atoms with van der Waals surface area (Å²) >= 11 is 1.39. The van der Waals surface area contributed by atoms with E-state index in [0.717, 1.165) is 15.9 Å². The molecule has 0 spiro atoms. The molecule has 90 valence electrons. The Morgan fingerprint density at radius 2 is 1.94 bits per heavy atom. The van der Waals surface area contributed by atoms with E-state index < -0.39 is 9.05 Å². The summed E-state index contributed by atoms with van der Waals surface area (Å²) in [5, 5.41) is 1.88. The number of nitrogens with zero attached hydrogens (tertiary/aromatic N) is 1. The summed E-state index contributed by atoms with van der Waals surface area (Å²) in [5.74, 6) is 0.366. The van der Waals surface area contributed by atoms with E-state index in [2.05, 4.69) is 4.98 Å². The van der Waals surface area contributed by atoms with Gasteiger partial charge in [0.05, 0.1) is 16.3 Å². The summed E-state index contributed by atoms with van der Waals surface area (Å²) < 4.78 is 21.5. The first-order chi connectivity index (χ1) is 8.04. The lowest BCUT2D eigenvalue weighted by Crippen LogP contribution is -1.99. The van der Waals surface area contributed by atoms with Crippen molar-refractivity contribution >= 4 is 42.4 Å². The van der Waals surface area contributed by atoms with Crippen molar-refractivity contribution in [3.63, 3.8) is 0 Å². The minimum Gasteiger partial charge on any atom is -0.241 e. The molecule has 0 aliphatic heterocycles. The third-order valence-electron chi connectivity index (χ3n) is 2.15. The highest BCUT2D eigenvalue weighted by Crippen LogP contribution is 2.20. The Morgan fingerprint density at radius 1 is 1.18 bits per heavy atom. The van der Waals surface area contributed by atoms with Crippen molar-refractivity contribution in [1.29, 1.82) is 0 Å². The number of hydrogen-bond donors (Lipinski definition) is 0. The fourth-order valence-electron chi connectivity index (χ4n) is 1.37. The van der Waals surface area contributed by atoms with E-state index in [1.54, 1.807) is 0 Å². The zero-order valence-corrected chi connectivity index (χ0v) is 11.2. The molecular formula is C11H10ClNO2S2. The molecule has 17 heavy (non-hydrogen) atoms. The maximum atomic E-state index is 10.8. The zero-order valence-electron chi connectivity index (χ0n) is 8.84. The maximum absolute atomic E-state index is 10.8. The number of benzene rings is 1. The second-order valence-corrected chi connectivity index (χ2v) is 7.45. The third-order valence-corrected chi connectivity index (χ3v) is 4.49. The van der Waals surface area contributed by atoms with Crippen LogP contribution in [0.25, 0.3) is 10.9 Å². The Kier molecular flexibility index (Phi) is 3.91. The normalized spacial score (nSPS) is 11.8. The van der Waals surface area contributed by atoms with Crippen molar-refractivity contribution in [1.82, 2.24) is 4.98 Å². The van der Waals surface area contributed by atoms with Crippen LogP contribution in [0.1, 0.15) is 0 Å². The second-order valence-electron chi connectivity index (χ2n) is 3.43. The largest absolute Gasteiger partial charge is 0.241 e. The predicted molar refractivity (Wildman–Crippen MR) is 72.1 cm³/mol. The van der Waals surface area contributed by atoms with Gasteiger partial charge in [-0.1, -0.05) is 24.3 Å². The molecule has 1 aromatic carbocycles. The van der Waals surface area contributed by atoms with Gasteiger partial charge < -0.3 is 0 Å². The number of hydrogen-bond acceptors (Lipinski definition) is 4. The topological polar surface area (TPSA) is 47.0 Å². The molecular weight excluding hydrogens is 278 g/mol. The van der Waals surface area contributed by atoms with Gasteiger partial charge in [0.25, 0.3) is 0 Å². The lowest BCUT2D eigenvalue weighted by Gasteiger charge is -2.01. The Hall–Kier alpha value is -0.780. The highest BCUT2D eigenvalue weighted by molar-refractivity contribution is 8.14. The first-order valence-corrected chi connectivity index (χ1v) is 8.42. The summed E-state index contributed by atoms with van der Waals surface area (Å²) in [6.07, 6.45) is 0. The number of rotatable bonds is 4. The van der Waals surface area contributed by atoms with Crippen LogP contribution < -0.4 is 0 Å². The standard InChI is InChI=1S/C11H10ClNO2S2/c12-17(14,15)8-7-16-11-6-5-9-3-1-2-4-10(9)13-11/h1-6H,7-8H2. The number of fused-ring (bicyclic) bond motifs is 1. The summed E-state index contributed by atoms with van der Waals surface area (Å²) in [5.41, 5.74) is 0.909. The lowest BCUT2D eigenvalue weighted by atomic mass is 10.2. The molecule has 0 unspecified atom stereocenters. The molecule has 0 radical (unpaired) electrons. The molecule has 3 nitrogen and oxygen atoms in total. The van der Waals surface area contributed by atoms with Gasteiger partial charge in [-0.25, -0.2) is 13.4 Å². The maximum Gasteiger partial charge on any atom is 0.233 e. The molecule has 6 heteroatoms. The van der Waals surface area contributed by atoms with Crippen molar-refractivity contribution in [2.45, 2.75) is 5.03 Å². The quantitative estimate of drug-likeness (QED) is 0.641. The molecule has 1 aromatic heterocycles. The lowest BCUT2D eigenvalue weighted by molar-refractivity contribution is 0.611. The van der Waals surface area contributed by atoms with Crippen molar-refractivity contribution in [2.24, 2.45) is 0 Å². The van der Waals surface area contributed by atoms with Gasteiger partial charge in [0.1, 0.15) is 0 Å². The third kappa shape index (κ3) is 3.87. The van der Waals surface area contributed by atoms with Crippen LogP contribution in [0.3, 0.4) is 0 Å². The van der Waals surface area contributed by atoms with E-state index in [0.29, 0.717) is 5.75 Å². The van der Waals surface area contributed by atoms with Gasteiger partial charge in [-0.05, 0) is 12.1 Å². The fourth-order valence-corrected chi connectivity index (χ4v) is 3.61. The van der Waals surface area contributed by atoms with Crippen molar-refractivity contribution in [3.8, 4) is 0 Å². The fraction of sp³-hybridized carbons (Fsp3) is 0.182. The minimum absolute atomic E-state index is 0.0479. The molecule has 2 rings (SSSR count). The molecule has 0 aliphatic rings. The first-order valence-electron chi connectivity index (χ1n) is 4.95. The molecule has 0 bridgehead atoms. The zero-order chi connectivity index (χ0) is 12.3. The highest BCUT2D eigenvalue weighted by Gasteiger charge is 2.06. The summed E-state index contributed by atoms with van der Waals surface area (Å²) in [4.78, 5) is 4.42. The van der Waals surface area contributed by atoms with Crippen LogP contribution in [0.15, 0.2) is 41.4 Å². The number of thioether (sulfide) groups is 1. The number of halogens is 1. The van der Waals surface area contributed by atoms with Gasteiger partial charge in [0.15, 0.2) is 0 Å². The SMILES string of the molecule is O=S(=O)(Cl)CCSc1ccc2ccccc2n1. The molecule has 0 saturated heterocycles. The van der Waals surface area contributed by atoms with Gasteiger partial charge in [-0.2, -0.15) is 0 Å². The number of aromatic nitrogens is 1. The van der Waals surface area contributed by atoms with Crippen LogP contribution in [0, 0.1) is 0 Å². The molecule has 0 atom stereocenters. The Bertz CT molecular complexity index is 628. The minimum atomic E-state index is -3.41. The predicted octanol–water partition coefficient (Wildman–Crippen LogP) is 2.90. The van der Waals surface area contributed by atoms with Crippen molar-refractivity contribution < 1.29 is 8.42 Å². The van der Waals surface area contributed by atoms with Crippen LogP contribution in [0.5, 0.6) is 0 Å². The van der Waals surface area contributed by atoms with E-state index in [1.165, 1.54) is 11.8 Å². The van der Waals surface area contributed by atoms with E-state index >= 15 is 0 Å². The van der Waals surface area contributed by atoms with Crippen LogP contribution in [0.4, 0.5) is 0 Å². The number of pyridine rings is 1. The Balaban J connectivity index is 2.09. The first kappa shape index (κ1) is 12.7. The molecule has 1 heterocycles. The van der Waals surface area contributed by atoms with Crippen LogP contribution in [0.2, 0.25) is 0 Å². The Morgan fingerprint density at radius 3 is 2.71 bits per heavy atom. The van der Waals surface area contributed by atoms with Gasteiger partial charge in [-0.3, -0.25) is 0 Å². The summed E-state index contributed by atoms with van der Waals surface area (Å²) in [7, 11) is 1.72. The smallest absolute Gasteiger partial charge is 0.233 e.